The van der Waals surface area contributed by atoms with Crippen LogP contribution in [-0.2, 0) is 0 Å². The molecule has 1 aromatic heterocycles. The second kappa shape index (κ2) is 8.60. The molecule has 1 atom stereocenters. The Morgan fingerprint density at radius 1 is 1.43 bits per heavy atom. The first-order valence-electron chi connectivity index (χ1n) is 7.75. The van der Waals surface area contributed by atoms with E-state index in [0.717, 1.165) is 25.5 Å². The fraction of sp³-hybridized carbons (Fsp3) is 0.625. The number of nitrogens with one attached hydrogen (secondary N) is 1. The molecular formula is C16H26FN3O. The molecular weight excluding hydrogens is 269 g/mol. The van der Waals surface area contributed by atoms with Crippen molar-refractivity contribution in [1.82, 2.24) is 9.88 Å². The maximum absolute atomic E-state index is 13.5. The molecule has 0 aromatic carbocycles. The minimum atomic E-state index is -0.486. The Morgan fingerprint density at radius 3 is 2.71 bits per heavy atom. The Kier molecular flexibility index (Phi) is 7.12. The first kappa shape index (κ1) is 17.4. The van der Waals surface area contributed by atoms with Crippen LogP contribution in [0.15, 0.2) is 12.3 Å². The van der Waals surface area contributed by atoms with Gasteiger partial charge in [0.1, 0.15) is 11.6 Å². The number of hydrogen-bond donors (Lipinski definition) is 1. The maximum atomic E-state index is 13.5. The zero-order valence-corrected chi connectivity index (χ0v) is 13.4. The summed E-state index contributed by atoms with van der Waals surface area (Å²) in [6, 6.07) is 1.40. The summed E-state index contributed by atoms with van der Waals surface area (Å²) in [6.07, 6.45) is 3.96. The predicted octanol–water partition coefficient (Wildman–Crippen LogP) is 3.69. The minimum absolute atomic E-state index is 0.127. The summed E-state index contributed by atoms with van der Waals surface area (Å²) in [5.74, 6) is -0.186. The first-order valence-corrected chi connectivity index (χ1v) is 7.75. The van der Waals surface area contributed by atoms with E-state index < -0.39 is 5.82 Å². The standard InChI is InChI=1S/C16H26FN3O/c1-5-8-9-20(12(4)6-2)16(21)14-10-13(17)11-19-15(14)18-7-3/h10-12H,5-9H2,1-4H3,(H,18,19). The number of nitrogens with zero attached hydrogens (tertiary/aromatic N) is 2. The van der Waals surface area contributed by atoms with E-state index in [9.17, 15) is 9.18 Å². The van der Waals surface area contributed by atoms with Gasteiger partial charge in [0.05, 0.1) is 11.8 Å². The summed E-state index contributed by atoms with van der Waals surface area (Å²) in [4.78, 5) is 18.6. The van der Waals surface area contributed by atoms with Crippen molar-refractivity contribution in [2.75, 3.05) is 18.4 Å². The Morgan fingerprint density at radius 2 is 2.14 bits per heavy atom. The largest absolute Gasteiger partial charge is 0.370 e. The van der Waals surface area contributed by atoms with Gasteiger partial charge >= 0.3 is 0 Å². The second-order valence-electron chi connectivity index (χ2n) is 5.19. The van der Waals surface area contributed by atoms with E-state index in [1.54, 1.807) is 0 Å². The molecule has 0 saturated heterocycles. The van der Waals surface area contributed by atoms with Gasteiger partial charge in [0.2, 0.25) is 0 Å². The highest BCUT2D eigenvalue weighted by Crippen LogP contribution is 2.19. The van der Waals surface area contributed by atoms with Crippen LogP contribution in [-0.4, -0.2) is 34.9 Å². The maximum Gasteiger partial charge on any atom is 0.257 e. The van der Waals surface area contributed by atoms with Crippen LogP contribution in [0.1, 0.15) is 57.3 Å². The van der Waals surface area contributed by atoms with Crippen molar-refractivity contribution in [2.24, 2.45) is 0 Å². The van der Waals surface area contributed by atoms with Gasteiger partial charge < -0.3 is 10.2 Å². The highest BCUT2D eigenvalue weighted by atomic mass is 19.1. The third-order valence-corrected chi connectivity index (χ3v) is 3.57. The molecule has 5 heteroatoms. The molecule has 0 aliphatic heterocycles. The number of amides is 1. The lowest BCUT2D eigenvalue weighted by Crippen LogP contribution is -2.39. The normalized spacial score (nSPS) is 12.0. The number of aromatic nitrogens is 1. The molecule has 1 aromatic rings. The number of carbonyl (C=O) groups excluding carboxylic acids is 1. The van der Waals surface area contributed by atoms with E-state index in [-0.39, 0.29) is 11.9 Å². The van der Waals surface area contributed by atoms with Crippen molar-refractivity contribution in [2.45, 2.75) is 53.0 Å². The van der Waals surface area contributed by atoms with E-state index in [2.05, 4.69) is 17.2 Å². The van der Waals surface area contributed by atoms with Gasteiger partial charge in [0, 0.05) is 19.1 Å². The molecule has 1 N–H and O–H groups in total. The van der Waals surface area contributed by atoms with Gasteiger partial charge in [0.15, 0.2) is 0 Å². The Bertz CT molecular complexity index is 465. The molecule has 0 bridgehead atoms. The monoisotopic (exact) mass is 295 g/mol. The Balaban J connectivity index is 3.09. The topological polar surface area (TPSA) is 45.2 Å². The second-order valence-corrected chi connectivity index (χ2v) is 5.19. The van der Waals surface area contributed by atoms with E-state index >= 15 is 0 Å². The number of carbonyl (C=O) groups is 1. The van der Waals surface area contributed by atoms with E-state index in [1.165, 1.54) is 6.07 Å². The smallest absolute Gasteiger partial charge is 0.257 e. The van der Waals surface area contributed by atoms with E-state index in [4.69, 9.17) is 0 Å². The average Bonchev–Trinajstić information content (AvgIpc) is 2.49. The molecule has 1 unspecified atom stereocenters. The fourth-order valence-electron chi connectivity index (χ4n) is 2.14. The number of halogens is 1. The van der Waals surface area contributed by atoms with E-state index in [1.807, 2.05) is 25.7 Å². The van der Waals surface area contributed by atoms with Crippen LogP contribution in [0, 0.1) is 5.82 Å². The third kappa shape index (κ3) is 4.69. The number of anilines is 1. The average molecular weight is 295 g/mol. The molecule has 118 valence electrons. The molecule has 0 spiro atoms. The van der Waals surface area contributed by atoms with Crippen molar-refractivity contribution >= 4 is 11.7 Å². The highest BCUT2D eigenvalue weighted by Gasteiger charge is 2.23. The summed E-state index contributed by atoms with van der Waals surface area (Å²) >= 11 is 0. The van der Waals surface area contributed by atoms with Gasteiger partial charge in [-0.05, 0) is 32.8 Å². The van der Waals surface area contributed by atoms with Gasteiger partial charge in [0.25, 0.3) is 5.91 Å². The van der Waals surface area contributed by atoms with Crippen molar-refractivity contribution in [3.05, 3.63) is 23.6 Å². The lowest BCUT2D eigenvalue weighted by molar-refractivity contribution is 0.0685. The summed E-state index contributed by atoms with van der Waals surface area (Å²) in [5, 5.41) is 3.03. The van der Waals surface area contributed by atoms with Crippen LogP contribution in [0.5, 0.6) is 0 Å². The van der Waals surface area contributed by atoms with Crippen molar-refractivity contribution in [3.8, 4) is 0 Å². The number of hydrogen-bond acceptors (Lipinski definition) is 3. The van der Waals surface area contributed by atoms with Gasteiger partial charge in [-0.3, -0.25) is 4.79 Å². The molecule has 4 nitrogen and oxygen atoms in total. The molecule has 21 heavy (non-hydrogen) atoms. The highest BCUT2D eigenvalue weighted by molar-refractivity contribution is 5.98. The molecule has 1 amide bonds. The number of pyridine rings is 1. The minimum Gasteiger partial charge on any atom is -0.370 e. The molecule has 1 rings (SSSR count). The zero-order valence-electron chi connectivity index (χ0n) is 13.4. The first-order chi connectivity index (χ1) is 10.0. The van der Waals surface area contributed by atoms with Crippen LogP contribution in [0.4, 0.5) is 10.2 Å². The fourth-order valence-corrected chi connectivity index (χ4v) is 2.14. The quantitative estimate of drug-likeness (QED) is 0.795. The molecule has 0 aliphatic rings. The van der Waals surface area contributed by atoms with Crippen molar-refractivity contribution in [3.63, 3.8) is 0 Å². The summed E-state index contributed by atoms with van der Waals surface area (Å²) in [5.41, 5.74) is 0.313. The third-order valence-electron chi connectivity index (χ3n) is 3.57. The van der Waals surface area contributed by atoms with Gasteiger partial charge in [-0.1, -0.05) is 20.3 Å². The molecule has 0 radical (unpaired) electrons. The lowest BCUT2D eigenvalue weighted by atomic mass is 10.1. The van der Waals surface area contributed by atoms with Crippen LogP contribution in [0.2, 0.25) is 0 Å². The Hall–Kier alpha value is -1.65. The van der Waals surface area contributed by atoms with Crippen LogP contribution in [0.3, 0.4) is 0 Å². The van der Waals surface area contributed by atoms with Crippen molar-refractivity contribution < 1.29 is 9.18 Å². The van der Waals surface area contributed by atoms with Crippen LogP contribution in [0.25, 0.3) is 0 Å². The van der Waals surface area contributed by atoms with Gasteiger partial charge in [-0.15, -0.1) is 0 Å². The summed E-state index contributed by atoms with van der Waals surface area (Å²) in [7, 11) is 0. The van der Waals surface area contributed by atoms with Crippen LogP contribution >= 0.6 is 0 Å². The molecule has 0 saturated carbocycles. The van der Waals surface area contributed by atoms with Gasteiger partial charge in [-0.25, -0.2) is 9.37 Å². The molecule has 0 fully saturated rings. The van der Waals surface area contributed by atoms with Crippen molar-refractivity contribution in [1.29, 1.82) is 0 Å². The lowest BCUT2D eigenvalue weighted by Gasteiger charge is -2.29. The predicted molar refractivity (Wildman–Crippen MR) is 84.1 cm³/mol. The number of unbranched alkanes of at least 4 members (excludes halogenated alkanes) is 1. The number of rotatable bonds is 8. The Labute approximate surface area is 126 Å². The van der Waals surface area contributed by atoms with Gasteiger partial charge in [-0.2, -0.15) is 0 Å². The summed E-state index contributed by atoms with van der Waals surface area (Å²) < 4.78 is 13.5. The zero-order chi connectivity index (χ0) is 15.8. The van der Waals surface area contributed by atoms with Crippen LogP contribution < -0.4 is 5.32 Å². The molecule has 0 aliphatic carbocycles. The summed E-state index contributed by atoms with van der Waals surface area (Å²) in [6.45, 7) is 9.40. The molecule has 1 heterocycles. The SMILES string of the molecule is CCCCN(C(=O)c1cc(F)cnc1NCC)C(C)CC. The van der Waals surface area contributed by atoms with E-state index in [0.29, 0.717) is 24.5 Å².